The highest BCUT2D eigenvalue weighted by Crippen LogP contribution is 2.22. The third kappa shape index (κ3) is 8.04. The number of nitriles is 1. The second-order valence-corrected chi connectivity index (χ2v) is 7.41. The zero-order valence-electron chi connectivity index (χ0n) is 18.2. The zero-order valence-corrected chi connectivity index (χ0v) is 20.5. The van der Waals surface area contributed by atoms with Gasteiger partial charge in [-0.2, -0.15) is 5.26 Å². The van der Waals surface area contributed by atoms with E-state index in [9.17, 15) is 0 Å². The van der Waals surface area contributed by atoms with Crippen LogP contribution in [0.4, 0.5) is 0 Å². The number of nitrogens with one attached hydrogen (secondary N) is 2. The number of guanidine groups is 1. The lowest BCUT2D eigenvalue weighted by atomic mass is 10.1. The van der Waals surface area contributed by atoms with Gasteiger partial charge in [0.2, 0.25) is 0 Å². The van der Waals surface area contributed by atoms with Gasteiger partial charge in [-0.3, -0.25) is 0 Å². The summed E-state index contributed by atoms with van der Waals surface area (Å²) >= 11 is 0. The van der Waals surface area contributed by atoms with Gasteiger partial charge in [0.05, 0.1) is 24.3 Å². The van der Waals surface area contributed by atoms with E-state index >= 15 is 0 Å². The molecule has 3 rings (SSSR count). The lowest BCUT2D eigenvalue weighted by molar-refractivity contribution is 0.0676. The highest BCUT2D eigenvalue weighted by atomic mass is 127. The van der Waals surface area contributed by atoms with E-state index in [1.54, 1.807) is 0 Å². The van der Waals surface area contributed by atoms with Crippen LogP contribution in [0.3, 0.4) is 0 Å². The van der Waals surface area contributed by atoms with Gasteiger partial charge >= 0.3 is 0 Å². The van der Waals surface area contributed by atoms with E-state index in [1.807, 2.05) is 31.2 Å². The standard InChI is InChI=1S/C24H30N4O2.HI/c1-3-26-24(27-15-20-9-7-19(14-25)8-10-20)28-16-21-11-6-18(2)13-23(21)30-17-22-5-4-12-29-22;/h6-11,13,22H,3-5,12,15-17H2,1-2H3,(H2,26,27,28);1H. The summed E-state index contributed by atoms with van der Waals surface area (Å²) in [4.78, 5) is 4.66. The van der Waals surface area contributed by atoms with Crippen molar-refractivity contribution in [1.29, 1.82) is 5.26 Å². The van der Waals surface area contributed by atoms with Gasteiger partial charge in [-0.25, -0.2) is 4.99 Å². The number of hydrogen-bond donors (Lipinski definition) is 2. The molecule has 31 heavy (non-hydrogen) atoms. The molecule has 0 radical (unpaired) electrons. The van der Waals surface area contributed by atoms with Gasteiger partial charge in [-0.1, -0.05) is 24.3 Å². The molecule has 1 fully saturated rings. The summed E-state index contributed by atoms with van der Waals surface area (Å²) in [5.74, 6) is 1.63. The summed E-state index contributed by atoms with van der Waals surface area (Å²) < 4.78 is 11.8. The van der Waals surface area contributed by atoms with Crippen molar-refractivity contribution in [3.63, 3.8) is 0 Å². The Kier molecular flexibility index (Phi) is 10.6. The van der Waals surface area contributed by atoms with E-state index in [2.05, 4.69) is 46.8 Å². The van der Waals surface area contributed by atoms with Crippen LogP contribution in [0.15, 0.2) is 47.5 Å². The second kappa shape index (κ2) is 13.2. The molecule has 0 saturated carbocycles. The molecule has 1 aliphatic heterocycles. The molecule has 1 atom stereocenters. The molecule has 7 heteroatoms. The Morgan fingerprint density at radius 1 is 1.23 bits per heavy atom. The molecule has 0 amide bonds. The van der Waals surface area contributed by atoms with Crippen LogP contribution in [0.2, 0.25) is 0 Å². The van der Waals surface area contributed by atoms with Crippen LogP contribution in [0.25, 0.3) is 0 Å². The van der Waals surface area contributed by atoms with Crippen LogP contribution in [0, 0.1) is 18.3 Å². The number of hydrogen-bond acceptors (Lipinski definition) is 4. The predicted molar refractivity (Wildman–Crippen MR) is 134 cm³/mol. The molecule has 2 aromatic carbocycles. The molecule has 6 nitrogen and oxygen atoms in total. The summed E-state index contributed by atoms with van der Waals surface area (Å²) in [5.41, 5.74) is 3.97. The van der Waals surface area contributed by atoms with E-state index in [1.165, 1.54) is 5.56 Å². The molecule has 166 valence electrons. The number of aliphatic imine (C=N–C) groups is 1. The topological polar surface area (TPSA) is 78.7 Å². The van der Waals surface area contributed by atoms with Crippen molar-refractivity contribution in [2.75, 3.05) is 19.8 Å². The van der Waals surface area contributed by atoms with E-state index in [-0.39, 0.29) is 30.1 Å². The summed E-state index contributed by atoms with van der Waals surface area (Å²) in [7, 11) is 0. The first kappa shape index (κ1) is 25.0. The summed E-state index contributed by atoms with van der Waals surface area (Å²) in [6.45, 7) is 7.45. The number of halogens is 1. The first-order valence-electron chi connectivity index (χ1n) is 10.5. The molecule has 0 spiro atoms. The fourth-order valence-corrected chi connectivity index (χ4v) is 3.28. The number of aryl methyl sites for hydroxylation is 1. The Labute approximate surface area is 202 Å². The smallest absolute Gasteiger partial charge is 0.191 e. The Balaban J connectivity index is 0.00000341. The predicted octanol–water partition coefficient (Wildman–Crippen LogP) is 4.30. The number of benzene rings is 2. The Morgan fingerprint density at radius 3 is 2.71 bits per heavy atom. The molecule has 0 aliphatic carbocycles. The Hall–Kier alpha value is -2.31. The number of nitrogens with zero attached hydrogens (tertiary/aromatic N) is 2. The van der Waals surface area contributed by atoms with E-state index in [0.717, 1.165) is 48.8 Å². The molecule has 0 aromatic heterocycles. The van der Waals surface area contributed by atoms with Crippen molar-refractivity contribution in [2.24, 2.45) is 4.99 Å². The van der Waals surface area contributed by atoms with Crippen molar-refractivity contribution in [1.82, 2.24) is 10.6 Å². The molecule has 2 aromatic rings. The van der Waals surface area contributed by atoms with Gasteiger partial charge < -0.3 is 20.1 Å². The van der Waals surface area contributed by atoms with Crippen LogP contribution in [-0.4, -0.2) is 31.8 Å². The van der Waals surface area contributed by atoms with Crippen molar-refractivity contribution < 1.29 is 9.47 Å². The molecule has 1 heterocycles. The maximum absolute atomic E-state index is 8.92. The van der Waals surface area contributed by atoms with Gasteiger partial charge in [0.1, 0.15) is 12.4 Å². The van der Waals surface area contributed by atoms with Gasteiger partial charge in [0.25, 0.3) is 0 Å². The van der Waals surface area contributed by atoms with E-state index in [4.69, 9.17) is 14.7 Å². The van der Waals surface area contributed by atoms with Crippen molar-refractivity contribution in [3.8, 4) is 11.8 Å². The average molecular weight is 534 g/mol. The third-order valence-electron chi connectivity index (χ3n) is 4.96. The van der Waals surface area contributed by atoms with Crippen LogP contribution in [0.1, 0.15) is 42.0 Å². The highest BCUT2D eigenvalue weighted by molar-refractivity contribution is 14.0. The van der Waals surface area contributed by atoms with Crippen molar-refractivity contribution in [2.45, 2.75) is 45.9 Å². The fraction of sp³-hybridized carbons (Fsp3) is 0.417. The molecule has 2 N–H and O–H groups in total. The average Bonchev–Trinajstić information content (AvgIpc) is 3.29. The molecular weight excluding hydrogens is 503 g/mol. The lowest BCUT2D eigenvalue weighted by Crippen LogP contribution is -2.36. The van der Waals surface area contributed by atoms with Gasteiger partial charge in [0.15, 0.2) is 5.96 Å². The van der Waals surface area contributed by atoms with Gasteiger partial charge in [0, 0.05) is 25.3 Å². The van der Waals surface area contributed by atoms with Crippen LogP contribution >= 0.6 is 24.0 Å². The van der Waals surface area contributed by atoms with Gasteiger partial charge in [-0.15, -0.1) is 24.0 Å². The second-order valence-electron chi connectivity index (χ2n) is 7.41. The maximum atomic E-state index is 8.92. The zero-order chi connectivity index (χ0) is 21.2. The first-order valence-corrected chi connectivity index (χ1v) is 10.5. The Bertz CT molecular complexity index is 887. The maximum Gasteiger partial charge on any atom is 0.191 e. The lowest BCUT2D eigenvalue weighted by Gasteiger charge is -2.17. The van der Waals surface area contributed by atoms with Crippen molar-refractivity contribution >= 4 is 29.9 Å². The van der Waals surface area contributed by atoms with E-state index in [0.29, 0.717) is 25.3 Å². The number of rotatable bonds is 8. The molecular formula is C24H31IN4O2. The molecule has 1 saturated heterocycles. The SMILES string of the molecule is CCNC(=NCc1ccc(C#N)cc1)NCc1ccc(C)cc1OCC1CCCO1.I. The third-order valence-corrected chi connectivity index (χ3v) is 4.96. The highest BCUT2D eigenvalue weighted by Gasteiger charge is 2.17. The molecule has 1 aliphatic rings. The number of ether oxygens (including phenoxy) is 2. The molecule has 0 bridgehead atoms. The minimum Gasteiger partial charge on any atom is -0.491 e. The monoisotopic (exact) mass is 534 g/mol. The normalized spacial score (nSPS) is 15.6. The summed E-state index contributed by atoms with van der Waals surface area (Å²) in [6.07, 6.45) is 2.36. The Morgan fingerprint density at radius 2 is 2.03 bits per heavy atom. The first-order chi connectivity index (χ1) is 14.7. The minimum atomic E-state index is 0. The van der Waals surface area contributed by atoms with Crippen LogP contribution in [-0.2, 0) is 17.8 Å². The van der Waals surface area contributed by atoms with Crippen LogP contribution in [0.5, 0.6) is 5.75 Å². The summed E-state index contributed by atoms with van der Waals surface area (Å²) in [5, 5.41) is 15.6. The quantitative estimate of drug-likeness (QED) is 0.300. The molecule has 1 unspecified atom stereocenters. The van der Waals surface area contributed by atoms with Crippen LogP contribution < -0.4 is 15.4 Å². The summed E-state index contributed by atoms with van der Waals surface area (Å²) in [6, 6.07) is 15.9. The van der Waals surface area contributed by atoms with Gasteiger partial charge in [-0.05, 0) is 56.0 Å². The fourth-order valence-electron chi connectivity index (χ4n) is 3.28. The minimum absolute atomic E-state index is 0. The van der Waals surface area contributed by atoms with Crippen molar-refractivity contribution in [3.05, 3.63) is 64.7 Å². The van der Waals surface area contributed by atoms with E-state index < -0.39 is 0 Å². The largest absolute Gasteiger partial charge is 0.491 e.